The minimum absolute atomic E-state index is 0.173. The van der Waals surface area contributed by atoms with Gasteiger partial charge in [-0.3, -0.25) is 9.13 Å². The van der Waals surface area contributed by atoms with Crippen LogP contribution in [0.25, 0.3) is 0 Å². The number of rotatable bonds is 9. The molecule has 0 heterocycles. The van der Waals surface area contributed by atoms with Crippen molar-refractivity contribution >= 4 is 20.9 Å². The molecule has 0 aliphatic rings. The Kier molecular flexibility index (Phi) is 7.62. The summed E-state index contributed by atoms with van der Waals surface area (Å²) in [7, 11) is -11.4. The maximum Gasteiger partial charge on any atom is 0.399 e. The van der Waals surface area contributed by atoms with Crippen molar-refractivity contribution in [2.24, 2.45) is 0 Å². The van der Waals surface area contributed by atoms with Gasteiger partial charge in [-0.05, 0) is 23.3 Å². The lowest BCUT2D eigenvalue weighted by Gasteiger charge is -2.26. The van der Waals surface area contributed by atoms with Crippen molar-refractivity contribution < 1.29 is 46.3 Å². The maximum absolute atomic E-state index is 13.9. The highest BCUT2D eigenvalue weighted by atomic mass is 31.2. The van der Waals surface area contributed by atoms with Gasteiger partial charge in [-0.25, -0.2) is 0 Å². The van der Waals surface area contributed by atoms with Gasteiger partial charge in [-0.2, -0.15) is 17.6 Å². The number of hydrogen-bond donors (Lipinski definition) is 4. The van der Waals surface area contributed by atoms with E-state index < -0.39 is 37.6 Å². The van der Waals surface area contributed by atoms with Gasteiger partial charge in [0.15, 0.2) is 0 Å². The maximum atomic E-state index is 13.9. The molecule has 0 spiro atoms. The average Bonchev–Trinajstić information content (AvgIpc) is 2.78. The van der Waals surface area contributed by atoms with Crippen LogP contribution in [-0.2, 0) is 33.5 Å². The van der Waals surface area contributed by atoms with Gasteiger partial charge in [0.2, 0.25) is 0 Å². The molecule has 0 saturated carbocycles. The average molecular weight is 533 g/mol. The summed E-state index contributed by atoms with van der Waals surface area (Å²) in [5, 5.41) is 0. The van der Waals surface area contributed by atoms with E-state index in [0.29, 0.717) is 16.8 Å². The molecule has 35 heavy (non-hydrogen) atoms. The molecule has 0 saturated heterocycles. The predicted octanol–water partition coefficient (Wildman–Crippen LogP) is 5.35. The zero-order valence-corrected chi connectivity index (χ0v) is 19.7. The molecule has 0 aromatic heterocycles. The van der Waals surface area contributed by atoms with Crippen molar-refractivity contribution in [3.05, 3.63) is 101 Å². The molecule has 4 N–H and O–H groups in total. The van der Waals surface area contributed by atoms with Gasteiger partial charge < -0.3 is 24.5 Å². The first-order valence-electron chi connectivity index (χ1n) is 9.98. The molecule has 0 atom stereocenters. The van der Waals surface area contributed by atoms with E-state index in [0.717, 1.165) is 24.3 Å². The summed E-state index contributed by atoms with van der Waals surface area (Å²) in [6, 6.07) is 17.8. The SMILES string of the molecule is O=P(O)(O)C(F)(F)c1ccc(CN(Cc2ccc(C(F)(F)P(=O)(O)O)cc2)c2ccccc2)cc1. The van der Waals surface area contributed by atoms with Crippen molar-refractivity contribution in [2.45, 2.75) is 24.4 Å². The van der Waals surface area contributed by atoms with Crippen LogP contribution in [0.4, 0.5) is 23.2 Å². The van der Waals surface area contributed by atoms with Gasteiger partial charge in [0.25, 0.3) is 0 Å². The zero-order chi connectivity index (χ0) is 26.1. The number of hydrogen-bond acceptors (Lipinski definition) is 3. The molecule has 0 amide bonds. The fraction of sp³-hybridized carbons (Fsp3) is 0.182. The summed E-state index contributed by atoms with van der Waals surface area (Å²) in [6.45, 7) is 0.346. The third kappa shape index (κ3) is 6.01. The Labute approximate surface area is 198 Å². The number of anilines is 1. The van der Waals surface area contributed by atoms with Gasteiger partial charge in [0.05, 0.1) is 0 Å². The van der Waals surface area contributed by atoms with Crippen molar-refractivity contribution in [2.75, 3.05) is 4.90 Å². The number of para-hydroxylation sites is 1. The molecule has 3 aromatic rings. The Hall–Kier alpha value is -2.52. The van der Waals surface area contributed by atoms with Crippen molar-refractivity contribution in [1.82, 2.24) is 0 Å². The Morgan fingerprint density at radius 3 is 1.26 bits per heavy atom. The second-order valence-electron chi connectivity index (χ2n) is 7.76. The highest BCUT2D eigenvalue weighted by molar-refractivity contribution is 7.52. The highest BCUT2D eigenvalue weighted by Crippen LogP contribution is 2.60. The van der Waals surface area contributed by atoms with Crippen molar-refractivity contribution in [3.8, 4) is 0 Å². The molecule has 0 unspecified atom stereocenters. The van der Waals surface area contributed by atoms with Gasteiger partial charge in [0.1, 0.15) is 0 Å². The van der Waals surface area contributed by atoms with Crippen LogP contribution in [0.1, 0.15) is 22.3 Å². The molecule has 3 rings (SSSR count). The van der Waals surface area contributed by atoms with Crippen LogP contribution < -0.4 is 4.90 Å². The largest absolute Gasteiger partial charge is 0.399 e. The first-order chi connectivity index (χ1) is 16.1. The smallest absolute Gasteiger partial charge is 0.363 e. The van der Waals surface area contributed by atoms with E-state index in [-0.39, 0.29) is 13.1 Å². The van der Waals surface area contributed by atoms with Gasteiger partial charge in [-0.1, -0.05) is 66.7 Å². The van der Waals surface area contributed by atoms with E-state index in [4.69, 9.17) is 19.6 Å². The molecule has 13 heteroatoms. The molecule has 3 aromatic carbocycles. The molecule has 0 aliphatic carbocycles. The lowest BCUT2D eigenvalue weighted by Crippen LogP contribution is -2.22. The van der Waals surface area contributed by atoms with E-state index in [9.17, 15) is 26.7 Å². The van der Waals surface area contributed by atoms with Crippen LogP contribution in [0.2, 0.25) is 0 Å². The lowest BCUT2D eigenvalue weighted by atomic mass is 10.1. The number of nitrogens with zero attached hydrogens (tertiary/aromatic N) is 1. The van der Waals surface area contributed by atoms with E-state index >= 15 is 0 Å². The van der Waals surface area contributed by atoms with Crippen LogP contribution in [0, 0.1) is 0 Å². The fourth-order valence-corrected chi connectivity index (χ4v) is 4.25. The van der Waals surface area contributed by atoms with Crippen LogP contribution in [0.5, 0.6) is 0 Å². The summed E-state index contributed by atoms with van der Waals surface area (Å²) in [6.07, 6.45) is 0. The second kappa shape index (κ2) is 9.85. The lowest BCUT2D eigenvalue weighted by molar-refractivity contribution is 0.0564. The zero-order valence-electron chi connectivity index (χ0n) is 17.9. The summed E-state index contributed by atoms with van der Waals surface area (Å²) in [4.78, 5) is 37.4. The van der Waals surface area contributed by atoms with E-state index in [1.807, 2.05) is 0 Å². The van der Waals surface area contributed by atoms with Crippen LogP contribution in [0.3, 0.4) is 0 Å². The Morgan fingerprint density at radius 2 is 0.943 bits per heavy atom. The standard InChI is InChI=1S/C22H21F4NO6P2/c23-21(24,34(28,29)30)18-10-6-16(7-11-18)14-27(20-4-2-1-3-5-20)15-17-8-12-19(13-9-17)22(25,26)35(31,32)33/h1-13H,14-15H2,(H2,28,29,30)(H2,31,32,33). The van der Waals surface area contributed by atoms with Crippen molar-refractivity contribution in [1.29, 1.82) is 0 Å². The monoisotopic (exact) mass is 533 g/mol. The fourth-order valence-electron chi connectivity index (χ4n) is 3.28. The van der Waals surface area contributed by atoms with Crippen LogP contribution in [0.15, 0.2) is 78.9 Å². The van der Waals surface area contributed by atoms with E-state index in [2.05, 4.69) is 0 Å². The molecular weight excluding hydrogens is 512 g/mol. The Morgan fingerprint density at radius 1 is 0.600 bits per heavy atom. The minimum atomic E-state index is -5.70. The summed E-state index contributed by atoms with van der Waals surface area (Å²) in [5.74, 6) is 0. The first-order valence-corrected chi connectivity index (χ1v) is 13.2. The summed E-state index contributed by atoms with van der Waals surface area (Å²) < 4.78 is 77.9. The van der Waals surface area contributed by atoms with Crippen LogP contribution >= 0.6 is 15.2 Å². The molecule has 188 valence electrons. The Balaban J connectivity index is 1.85. The van der Waals surface area contributed by atoms with Gasteiger partial charge >= 0.3 is 26.5 Å². The topological polar surface area (TPSA) is 118 Å². The quantitative estimate of drug-likeness (QED) is 0.216. The molecule has 7 nitrogen and oxygen atoms in total. The normalized spacial score (nSPS) is 13.0. The molecule has 0 aliphatic heterocycles. The van der Waals surface area contributed by atoms with Crippen LogP contribution in [-0.4, -0.2) is 19.6 Å². The predicted molar refractivity (Wildman–Crippen MR) is 121 cm³/mol. The minimum Gasteiger partial charge on any atom is -0.363 e. The Bertz CT molecular complexity index is 1170. The van der Waals surface area contributed by atoms with E-state index in [1.165, 1.54) is 24.3 Å². The van der Waals surface area contributed by atoms with Gasteiger partial charge in [-0.15, -0.1) is 0 Å². The summed E-state index contributed by atoms with van der Waals surface area (Å²) in [5.41, 5.74) is -8.55. The third-order valence-electron chi connectivity index (χ3n) is 5.20. The first kappa shape index (κ1) is 27.1. The number of halogens is 4. The van der Waals surface area contributed by atoms with E-state index in [1.54, 1.807) is 35.2 Å². The highest BCUT2D eigenvalue weighted by Gasteiger charge is 2.51. The molecule has 0 bridgehead atoms. The number of benzene rings is 3. The molecule has 0 radical (unpaired) electrons. The molecule has 0 fully saturated rings. The molecular formula is C22H21F4NO6P2. The third-order valence-corrected chi connectivity index (χ3v) is 7.18. The summed E-state index contributed by atoms with van der Waals surface area (Å²) >= 11 is 0. The second-order valence-corrected chi connectivity index (χ2v) is 11.1. The van der Waals surface area contributed by atoms with Gasteiger partial charge in [0, 0.05) is 29.9 Å². The van der Waals surface area contributed by atoms with Crippen molar-refractivity contribution in [3.63, 3.8) is 0 Å². The number of alkyl halides is 4.